The number of ether oxygens (including phenoxy) is 1. The molecule has 2 aromatic carbocycles. The first-order valence-electron chi connectivity index (χ1n) is 16.2. The molecule has 3 heterocycles. The monoisotopic (exact) mass is 692 g/mol. The average Bonchev–Trinajstić information content (AvgIpc) is 3.55. The fourth-order valence-corrected chi connectivity index (χ4v) is 6.63. The van der Waals surface area contributed by atoms with E-state index in [1.807, 2.05) is 30.5 Å². The summed E-state index contributed by atoms with van der Waals surface area (Å²) < 4.78 is 5.48. The van der Waals surface area contributed by atoms with E-state index >= 15 is 0 Å². The molecule has 1 aliphatic heterocycles. The third-order valence-electron chi connectivity index (χ3n) is 9.25. The lowest BCUT2D eigenvalue weighted by molar-refractivity contribution is -0.130. The number of morpholine rings is 1. The predicted octanol–water partition coefficient (Wildman–Crippen LogP) is 4.95. The molecular formula is C35H42Cl2N8O3. The number of aryl methyl sites for hydroxylation is 1. The Balaban J connectivity index is 0.00000451. The van der Waals surface area contributed by atoms with Gasteiger partial charge in [-0.3, -0.25) is 9.59 Å². The number of nitrogens with zero attached hydrogens (tertiary/aromatic N) is 5. The molecule has 5 N–H and O–H groups in total. The highest BCUT2D eigenvalue weighted by molar-refractivity contribution is 6.28. The Bertz CT molecular complexity index is 1700. The minimum absolute atomic E-state index is 0. The van der Waals surface area contributed by atoms with Gasteiger partial charge in [-0.05, 0) is 110 Å². The van der Waals surface area contributed by atoms with E-state index in [-0.39, 0.29) is 35.9 Å². The molecule has 1 atom stereocenters. The number of benzene rings is 2. The summed E-state index contributed by atoms with van der Waals surface area (Å²) >= 11 is 5.91. The zero-order valence-corrected chi connectivity index (χ0v) is 28.6. The smallest absolute Gasteiger partial charge is 0.251 e. The molecule has 0 spiro atoms. The van der Waals surface area contributed by atoms with Crippen LogP contribution < -0.4 is 21.3 Å². The van der Waals surface area contributed by atoms with Gasteiger partial charge < -0.3 is 21.1 Å². The number of halogens is 2. The van der Waals surface area contributed by atoms with Crippen molar-refractivity contribution in [3.05, 3.63) is 77.2 Å². The van der Waals surface area contributed by atoms with E-state index in [4.69, 9.17) is 32.8 Å². The number of carbonyl (C=O) groups is 2. The molecule has 0 unspecified atom stereocenters. The number of anilines is 2. The Morgan fingerprint density at radius 2 is 1.79 bits per heavy atom. The van der Waals surface area contributed by atoms with Gasteiger partial charge in [-0.2, -0.15) is 10.1 Å². The Kier molecular flexibility index (Phi) is 11.8. The maximum Gasteiger partial charge on any atom is 0.251 e. The van der Waals surface area contributed by atoms with Gasteiger partial charge in [0.15, 0.2) is 5.82 Å². The van der Waals surface area contributed by atoms with Crippen molar-refractivity contribution in [1.29, 1.82) is 0 Å². The van der Waals surface area contributed by atoms with Crippen molar-refractivity contribution in [1.82, 2.24) is 20.2 Å². The topological polar surface area (TPSA) is 156 Å². The van der Waals surface area contributed by atoms with Crippen LogP contribution in [0.25, 0.3) is 22.5 Å². The second-order valence-electron chi connectivity index (χ2n) is 12.4. The van der Waals surface area contributed by atoms with Crippen LogP contribution in [0.4, 0.5) is 11.5 Å². The summed E-state index contributed by atoms with van der Waals surface area (Å²) in [6, 6.07) is 16.2. The SMILES string of the molecule is Cc1cc(N2CCOCC2)ncc1-c1cccc(C[C@H](N)C(=O)N(C(=O)C2CCC(CN)CC2)c2ccc(-c3n[nH]c(Cl)n3)cc2)c1.Cl. The van der Waals surface area contributed by atoms with Crippen LogP contribution in [0.5, 0.6) is 0 Å². The number of aromatic amines is 1. The first-order valence-corrected chi connectivity index (χ1v) is 16.6. The zero-order valence-electron chi connectivity index (χ0n) is 27.0. The summed E-state index contributed by atoms with van der Waals surface area (Å²) in [5.74, 6) is 0.813. The molecular weight excluding hydrogens is 651 g/mol. The van der Waals surface area contributed by atoms with Gasteiger partial charge in [0.25, 0.3) is 5.91 Å². The van der Waals surface area contributed by atoms with E-state index in [1.165, 1.54) is 4.90 Å². The van der Waals surface area contributed by atoms with Crippen LogP contribution in [0.1, 0.15) is 36.8 Å². The van der Waals surface area contributed by atoms with E-state index in [1.54, 1.807) is 24.3 Å². The second kappa shape index (κ2) is 16.0. The molecule has 2 aromatic heterocycles. The molecule has 4 aromatic rings. The molecule has 11 nitrogen and oxygen atoms in total. The lowest BCUT2D eigenvalue weighted by Crippen LogP contribution is -2.50. The maximum absolute atomic E-state index is 14.1. The third kappa shape index (κ3) is 8.04. The maximum atomic E-state index is 14.1. The van der Waals surface area contributed by atoms with Crippen molar-refractivity contribution in [2.24, 2.45) is 23.3 Å². The number of hydrogen-bond acceptors (Lipinski definition) is 9. The molecule has 1 aliphatic carbocycles. The largest absolute Gasteiger partial charge is 0.378 e. The van der Waals surface area contributed by atoms with Crippen molar-refractivity contribution >= 4 is 47.3 Å². The number of amides is 2. The number of nitrogens with one attached hydrogen (secondary N) is 1. The number of H-pyrrole nitrogens is 1. The minimum Gasteiger partial charge on any atom is -0.378 e. The molecule has 2 aliphatic rings. The van der Waals surface area contributed by atoms with Crippen LogP contribution in [-0.2, 0) is 20.7 Å². The number of nitrogens with two attached hydrogens (primary N) is 2. The van der Waals surface area contributed by atoms with Crippen molar-refractivity contribution < 1.29 is 14.3 Å². The average molecular weight is 694 g/mol. The number of rotatable bonds is 9. The van der Waals surface area contributed by atoms with Gasteiger partial charge in [-0.15, -0.1) is 12.4 Å². The van der Waals surface area contributed by atoms with E-state index in [0.29, 0.717) is 55.6 Å². The van der Waals surface area contributed by atoms with Crippen LogP contribution in [-0.4, -0.2) is 70.9 Å². The van der Waals surface area contributed by atoms with Gasteiger partial charge in [-0.1, -0.05) is 24.3 Å². The molecule has 6 rings (SSSR count). The van der Waals surface area contributed by atoms with Crippen molar-refractivity contribution in [2.75, 3.05) is 42.6 Å². The van der Waals surface area contributed by atoms with Crippen molar-refractivity contribution in [3.8, 4) is 22.5 Å². The summed E-state index contributed by atoms with van der Waals surface area (Å²) in [5, 5.41) is 6.89. The van der Waals surface area contributed by atoms with Crippen molar-refractivity contribution in [2.45, 2.75) is 45.1 Å². The summed E-state index contributed by atoms with van der Waals surface area (Å²) in [7, 11) is 0. The van der Waals surface area contributed by atoms with Crippen LogP contribution in [0.3, 0.4) is 0 Å². The molecule has 254 valence electrons. The highest BCUT2D eigenvalue weighted by atomic mass is 35.5. The minimum atomic E-state index is -0.941. The lowest BCUT2D eigenvalue weighted by atomic mass is 9.81. The van der Waals surface area contributed by atoms with Gasteiger partial charge >= 0.3 is 0 Å². The molecule has 2 fully saturated rings. The number of carbonyl (C=O) groups excluding carboxylic acids is 2. The first kappa shape index (κ1) is 35.4. The Morgan fingerprint density at radius 3 is 2.44 bits per heavy atom. The van der Waals surface area contributed by atoms with Crippen LogP contribution in [0, 0.1) is 18.8 Å². The number of aromatic nitrogens is 4. The standard InChI is InChI=1S/C35H41ClN8O3.ClH/c1-22-17-31(43-13-15-47-16-14-43)39-21-29(22)27-4-2-3-24(18-27)19-30(38)34(46)44(33(45)26-7-5-23(20-37)6-8-26)28-11-9-25(10-12-28)32-40-35(36)42-41-32;/h2-4,9-12,17-18,21,23,26,30H,5-8,13-16,19-20,37-38H2,1H3,(H,40,41,42);1H/t23?,26?,30-;/m0./s1. The number of pyridine rings is 1. The molecule has 0 radical (unpaired) electrons. The quantitative estimate of drug-likeness (QED) is 0.221. The first-order chi connectivity index (χ1) is 22.8. The summed E-state index contributed by atoms with van der Waals surface area (Å²) in [5.41, 5.74) is 17.7. The zero-order chi connectivity index (χ0) is 32.9. The normalized spacial score (nSPS) is 18.5. The second-order valence-corrected chi connectivity index (χ2v) is 12.8. The fraction of sp³-hybridized carbons (Fsp3) is 0.400. The van der Waals surface area contributed by atoms with Crippen LogP contribution in [0.2, 0.25) is 5.28 Å². The highest BCUT2D eigenvalue weighted by Crippen LogP contribution is 2.32. The summed E-state index contributed by atoms with van der Waals surface area (Å²) in [6.07, 6.45) is 5.27. The van der Waals surface area contributed by atoms with Crippen LogP contribution >= 0.6 is 24.0 Å². The molecule has 1 saturated carbocycles. The van der Waals surface area contributed by atoms with E-state index < -0.39 is 11.9 Å². The van der Waals surface area contributed by atoms with Gasteiger partial charge in [0.2, 0.25) is 11.2 Å². The van der Waals surface area contributed by atoms with Crippen LogP contribution in [0.15, 0.2) is 60.8 Å². The molecule has 0 bridgehead atoms. The molecule has 13 heteroatoms. The third-order valence-corrected chi connectivity index (χ3v) is 9.42. The molecule has 1 saturated heterocycles. The van der Waals surface area contributed by atoms with Gasteiger partial charge in [-0.25, -0.2) is 15.0 Å². The van der Waals surface area contributed by atoms with Crippen molar-refractivity contribution in [3.63, 3.8) is 0 Å². The fourth-order valence-electron chi connectivity index (χ4n) is 6.50. The summed E-state index contributed by atoms with van der Waals surface area (Å²) in [6.45, 7) is 5.73. The van der Waals surface area contributed by atoms with E-state index in [0.717, 1.165) is 54.0 Å². The number of hydrogen-bond donors (Lipinski definition) is 3. The van der Waals surface area contributed by atoms with E-state index in [9.17, 15) is 9.59 Å². The number of imide groups is 1. The highest BCUT2D eigenvalue weighted by Gasteiger charge is 2.35. The van der Waals surface area contributed by atoms with E-state index in [2.05, 4.69) is 33.1 Å². The molecule has 2 amide bonds. The van der Waals surface area contributed by atoms with Gasteiger partial charge in [0.1, 0.15) is 5.82 Å². The Morgan fingerprint density at radius 1 is 1.06 bits per heavy atom. The lowest BCUT2D eigenvalue weighted by Gasteiger charge is -2.32. The Labute approximate surface area is 291 Å². The molecule has 48 heavy (non-hydrogen) atoms. The Hall–Kier alpha value is -3.87. The predicted molar refractivity (Wildman–Crippen MR) is 190 cm³/mol. The summed E-state index contributed by atoms with van der Waals surface area (Å²) in [4.78, 5) is 40.5. The van der Waals surface area contributed by atoms with Gasteiger partial charge in [0.05, 0.1) is 24.9 Å². The van der Waals surface area contributed by atoms with Gasteiger partial charge in [0, 0.05) is 36.3 Å².